The van der Waals surface area contributed by atoms with Crippen molar-refractivity contribution in [1.29, 1.82) is 0 Å². The zero-order chi connectivity index (χ0) is 14.8. The van der Waals surface area contributed by atoms with E-state index in [0.717, 1.165) is 0 Å². The largest absolute Gasteiger partial charge is 0.383 e. The summed E-state index contributed by atoms with van der Waals surface area (Å²) in [7, 11) is -2.01. The molecular weight excluding hydrogens is 280 g/mol. The minimum absolute atomic E-state index is 0.0580. The number of nitrogen functional groups attached to an aromatic ring is 1. The normalized spacial score (nSPS) is 11.9. The number of anilines is 1. The number of rotatable bonds is 6. The van der Waals surface area contributed by atoms with Crippen molar-refractivity contribution in [2.75, 3.05) is 12.3 Å². The summed E-state index contributed by atoms with van der Waals surface area (Å²) in [6.07, 6.45) is 5.87. The van der Waals surface area contributed by atoms with E-state index >= 15 is 0 Å². The molecule has 0 spiro atoms. The van der Waals surface area contributed by atoms with Crippen LogP contribution in [0.15, 0.2) is 23.6 Å². The molecule has 2 heterocycles. The van der Waals surface area contributed by atoms with Gasteiger partial charge in [-0.25, -0.2) is 18.1 Å². The highest BCUT2D eigenvalue weighted by molar-refractivity contribution is 7.89. The van der Waals surface area contributed by atoms with Gasteiger partial charge < -0.3 is 10.3 Å². The summed E-state index contributed by atoms with van der Waals surface area (Å²) in [6.45, 7) is 2.65. The van der Waals surface area contributed by atoms with Gasteiger partial charge in [-0.15, -0.1) is 0 Å². The number of nitrogens with one attached hydrogen (secondary N) is 1. The van der Waals surface area contributed by atoms with Gasteiger partial charge in [0, 0.05) is 32.5 Å². The van der Waals surface area contributed by atoms with Gasteiger partial charge in [0.05, 0.1) is 12.0 Å². The Morgan fingerprint density at radius 3 is 2.75 bits per heavy atom. The SMILES string of the molecule is Cc1nn(C)c(N)c1S(=O)(=O)NCCCn1ccnc1. The molecule has 0 bridgehead atoms. The highest BCUT2D eigenvalue weighted by Crippen LogP contribution is 2.20. The van der Waals surface area contributed by atoms with E-state index in [2.05, 4.69) is 14.8 Å². The van der Waals surface area contributed by atoms with Crippen molar-refractivity contribution >= 4 is 15.8 Å². The average Bonchev–Trinajstić information content (AvgIpc) is 2.95. The molecule has 0 unspecified atom stereocenters. The monoisotopic (exact) mass is 298 g/mol. The Balaban J connectivity index is 1.97. The molecule has 0 aliphatic rings. The van der Waals surface area contributed by atoms with Gasteiger partial charge in [-0.1, -0.05) is 0 Å². The van der Waals surface area contributed by atoms with Gasteiger partial charge in [0.25, 0.3) is 0 Å². The second-order valence-corrected chi connectivity index (χ2v) is 6.18. The van der Waals surface area contributed by atoms with E-state index in [9.17, 15) is 8.42 Å². The van der Waals surface area contributed by atoms with Crippen molar-refractivity contribution in [1.82, 2.24) is 24.1 Å². The standard InChI is InChI=1S/C11H18N6O2S/c1-9-10(11(12)16(2)15-9)20(18,19)14-4-3-6-17-7-5-13-8-17/h5,7-8,14H,3-4,6,12H2,1-2H3. The molecule has 0 saturated carbocycles. The summed E-state index contributed by atoms with van der Waals surface area (Å²) < 4.78 is 30.2. The number of nitrogens with two attached hydrogens (primary N) is 1. The molecule has 0 aromatic carbocycles. The summed E-state index contributed by atoms with van der Waals surface area (Å²) >= 11 is 0. The van der Waals surface area contributed by atoms with Gasteiger partial charge in [-0.2, -0.15) is 5.10 Å². The van der Waals surface area contributed by atoms with Crippen LogP contribution in [0, 0.1) is 6.92 Å². The molecule has 9 heteroatoms. The molecule has 0 atom stereocenters. The molecular formula is C11H18N6O2S. The summed E-state index contributed by atoms with van der Waals surface area (Å²) in [6, 6.07) is 0. The van der Waals surface area contributed by atoms with Crippen molar-refractivity contribution in [2.24, 2.45) is 7.05 Å². The summed E-state index contributed by atoms with van der Waals surface area (Å²) in [4.78, 5) is 3.98. The third-order valence-corrected chi connectivity index (χ3v) is 4.55. The van der Waals surface area contributed by atoms with E-state index in [1.807, 2.05) is 10.8 Å². The maximum absolute atomic E-state index is 12.2. The van der Waals surface area contributed by atoms with Crippen LogP contribution in [0.5, 0.6) is 0 Å². The number of aromatic nitrogens is 4. The van der Waals surface area contributed by atoms with Crippen molar-refractivity contribution < 1.29 is 8.42 Å². The first-order valence-electron chi connectivity index (χ1n) is 6.16. The first kappa shape index (κ1) is 14.5. The van der Waals surface area contributed by atoms with Gasteiger partial charge in [-0.05, 0) is 13.3 Å². The molecule has 0 fully saturated rings. The molecule has 20 heavy (non-hydrogen) atoms. The van der Waals surface area contributed by atoms with Crippen LogP contribution < -0.4 is 10.5 Å². The second-order valence-electron chi connectivity index (χ2n) is 4.48. The first-order valence-corrected chi connectivity index (χ1v) is 7.64. The van der Waals surface area contributed by atoms with Crippen LogP contribution in [0.25, 0.3) is 0 Å². The fourth-order valence-corrected chi connectivity index (χ4v) is 3.34. The Labute approximate surface area is 117 Å². The van der Waals surface area contributed by atoms with E-state index in [0.29, 0.717) is 25.2 Å². The maximum Gasteiger partial charge on any atom is 0.246 e. The maximum atomic E-state index is 12.2. The van der Waals surface area contributed by atoms with Crippen LogP contribution >= 0.6 is 0 Å². The Kier molecular flexibility index (Phi) is 4.09. The van der Waals surface area contributed by atoms with Gasteiger partial charge in [-0.3, -0.25) is 4.68 Å². The van der Waals surface area contributed by atoms with Crippen molar-refractivity contribution in [3.05, 3.63) is 24.4 Å². The minimum Gasteiger partial charge on any atom is -0.383 e. The minimum atomic E-state index is -3.63. The van der Waals surface area contributed by atoms with Crippen LogP contribution in [0.3, 0.4) is 0 Å². The van der Waals surface area contributed by atoms with Crippen LogP contribution in [-0.4, -0.2) is 34.3 Å². The summed E-state index contributed by atoms with van der Waals surface area (Å²) in [5.41, 5.74) is 6.14. The number of imidazole rings is 1. The van der Waals surface area contributed by atoms with Crippen molar-refractivity contribution in [2.45, 2.75) is 24.8 Å². The third kappa shape index (κ3) is 2.99. The van der Waals surface area contributed by atoms with Crippen LogP contribution in [-0.2, 0) is 23.6 Å². The predicted molar refractivity (Wildman–Crippen MR) is 74.4 cm³/mol. The fraction of sp³-hybridized carbons (Fsp3) is 0.455. The molecule has 110 valence electrons. The van der Waals surface area contributed by atoms with Crippen LogP contribution in [0.4, 0.5) is 5.82 Å². The average molecular weight is 298 g/mol. The molecule has 0 radical (unpaired) electrons. The van der Waals surface area contributed by atoms with E-state index in [4.69, 9.17) is 5.73 Å². The lowest BCUT2D eigenvalue weighted by molar-refractivity contribution is 0.569. The van der Waals surface area contributed by atoms with E-state index in [1.54, 1.807) is 26.5 Å². The fourth-order valence-electron chi connectivity index (χ4n) is 1.95. The third-order valence-electron chi connectivity index (χ3n) is 2.92. The van der Waals surface area contributed by atoms with E-state index < -0.39 is 10.0 Å². The lowest BCUT2D eigenvalue weighted by atomic mass is 10.4. The zero-order valence-corrected chi connectivity index (χ0v) is 12.3. The van der Waals surface area contributed by atoms with Gasteiger partial charge in [0.1, 0.15) is 10.7 Å². The zero-order valence-electron chi connectivity index (χ0n) is 11.4. The lowest BCUT2D eigenvalue weighted by Crippen LogP contribution is -2.26. The second kappa shape index (κ2) is 5.63. The number of aryl methyl sites for hydroxylation is 3. The van der Waals surface area contributed by atoms with Gasteiger partial charge in [0.15, 0.2) is 0 Å². The molecule has 0 saturated heterocycles. The van der Waals surface area contributed by atoms with Crippen molar-refractivity contribution in [3.8, 4) is 0 Å². The lowest BCUT2D eigenvalue weighted by Gasteiger charge is -2.07. The topological polar surface area (TPSA) is 108 Å². The number of hydrogen-bond donors (Lipinski definition) is 2. The molecule has 0 aliphatic carbocycles. The Morgan fingerprint density at radius 2 is 2.20 bits per heavy atom. The number of hydrogen-bond acceptors (Lipinski definition) is 5. The number of sulfonamides is 1. The highest BCUT2D eigenvalue weighted by atomic mass is 32.2. The van der Waals surface area contributed by atoms with E-state index in [-0.39, 0.29) is 10.7 Å². The van der Waals surface area contributed by atoms with E-state index in [1.165, 1.54) is 4.68 Å². The highest BCUT2D eigenvalue weighted by Gasteiger charge is 2.23. The molecule has 2 aromatic rings. The predicted octanol–water partition coefficient (Wildman–Crippen LogP) is -0.124. The Morgan fingerprint density at radius 1 is 1.45 bits per heavy atom. The Bertz CT molecular complexity index is 674. The molecule has 8 nitrogen and oxygen atoms in total. The summed E-state index contributed by atoms with van der Waals surface area (Å²) in [5.74, 6) is 0.143. The molecule has 2 aromatic heterocycles. The van der Waals surface area contributed by atoms with Crippen molar-refractivity contribution in [3.63, 3.8) is 0 Å². The van der Waals surface area contributed by atoms with Gasteiger partial charge in [0.2, 0.25) is 10.0 Å². The van der Waals surface area contributed by atoms with Crippen LogP contribution in [0.1, 0.15) is 12.1 Å². The first-order chi connectivity index (χ1) is 9.42. The molecule has 0 amide bonds. The molecule has 0 aliphatic heterocycles. The quantitative estimate of drug-likeness (QED) is 0.723. The Hall–Kier alpha value is -1.87. The molecule has 3 N–H and O–H groups in total. The van der Waals surface area contributed by atoms with Gasteiger partial charge >= 0.3 is 0 Å². The smallest absolute Gasteiger partial charge is 0.246 e. The summed E-state index contributed by atoms with van der Waals surface area (Å²) in [5, 5.41) is 4.01. The molecule has 2 rings (SSSR count). The number of nitrogens with zero attached hydrogens (tertiary/aromatic N) is 4. The van der Waals surface area contributed by atoms with Crippen LogP contribution in [0.2, 0.25) is 0 Å².